The van der Waals surface area contributed by atoms with Crippen molar-refractivity contribution < 1.29 is 4.74 Å². The average Bonchev–Trinajstić information content (AvgIpc) is 3.85. The van der Waals surface area contributed by atoms with Gasteiger partial charge in [0.15, 0.2) is 6.23 Å². The van der Waals surface area contributed by atoms with E-state index < -0.39 is 0 Å². The molecule has 0 saturated carbocycles. The quantitative estimate of drug-likeness (QED) is 0.175. The van der Waals surface area contributed by atoms with Crippen LogP contribution in [-0.4, -0.2) is 4.57 Å². The van der Waals surface area contributed by atoms with Gasteiger partial charge in [-0.25, -0.2) is 0 Å². The van der Waals surface area contributed by atoms with E-state index >= 15 is 0 Å². The number of hydrogen-bond acceptors (Lipinski definition) is 3. The molecule has 4 heteroatoms. The van der Waals surface area contributed by atoms with E-state index in [0.717, 1.165) is 72.4 Å². The minimum atomic E-state index is -0.255. The van der Waals surface area contributed by atoms with Gasteiger partial charge >= 0.3 is 0 Å². The van der Waals surface area contributed by atoms with Crippen LogP contribution < -0.4 is 15.0 Å². The number of nitrogens with one attached hydrogen (secondary N) is 1. The normalized spacial score (nSPS) is 13.6. The van der Waals surface area contributed by atoms with Crippen LogP contribution in [0.3, 0.4) is 0 Å². The number of anilines is 4. The van der Waals surface area contributed by atoms with Crippen LogP contribution >= 0.6 is 0 Å². The van der Waals surface area contributed by atoms with E-state index in [-0.39, 0.29) is 6.23 Å². The highest BCUT2D eigenvalue weighted by Crippen LogP contribution is 2.49. The van der Waals surface area contributed by atoms with Crippen molar-refractivity contribution in [2.75, 3.05) is 10.2 Å². The van der Waals surface area contributed by atoms with Gasteiger partial charge < -0.3 is 19.5 Å². The monoisotopic (exact) mass is 705 g/mol. The molecular weight excluding hydrogens is 671 g/mol. The first-order chi connectivity index (χ1) is 27.3. The number of fused-ring (bicyclic) bond motifs is 8. The molecule has 1 unspecified atom stereocenters. The highest BCUT2D eigenvalue weighted by Gasteiger charge is 2.27. The summed E-state index contributed by atoms with van der Waals surface area (Å²) in [5, 5.41) is 10.8. The van der Waals surface area contributed by atoms with E-state index in [1.807, 2.05) is 6.07 Å². The molecule has 0 fully saturated rings. The van der Waals surface area contributed by atoms with E-state index in [1.54, 1.807) is 0 Å². The Balaban J connectivity index is 1.20. The lowest BCUT2D eigenvalue weighted by Gasteiger charge is -2.29. The molecule has 0 radical (unpaired) electrons. The van der Waals surface area contributed by atoms with Gasteiger partial charge in [0.25, 0.3) is 0 Å². The number of rotatable bonds is 6. The second kappa shape index (κ2) is 12.7. The van der Waals surface area contributed by atoms with Gasteiger partial charge in [0.1, 0.15) is 5.75 Å². The van der Waals surface area contributed by atoms with Crippen LogP contribution in [-0.2, 0) is 0 Å². The Morgan fingerprint density at radius 1 is 0.491 bits per heavy atom. The lowest BCUT2D eigenvalue weighted by molar-refractivity contribution is 0.260. The zero-order valence-corrected chi connectivity index (χ0v) is 29.9. The molecule has 2 heterocycles. The molecule has 9 aromatic carbocycles. The Hall–Kier alpha value is -7.30. The molecule has 1 atom stereocenters. The van der Waals surface area contributed by atoms with Crippen molar-refractivity contribution in [1.29, 1.82) is 0 Å². The molecule has 260 valence electrons. The molecule has 0 bridgehead atoms. The molecule has 1 N–H and O–H groups in total. The number of benzene rings is 9. The molecule has 10 aromatic rings. The number of ether oxygens (including phenoxy) is 1. The van der Waals surface area contributed by atoms with Crippen LogP contribution in [0.4, 0.5) is 22.7 Å². The van der Waals surface area contributed by atoms with E-state index in [4.69, 9.17) is 4.74 Å². The standard InChI is InChI=1S/C51H35N3O/c1-4-15-34(16-5-1)37-19-12-22-39(33-37)53(46-28-14-25-43-40-23-10-11-26-45(40)54(50(43)46)38-20-8-3-9-21-38)44-27-13-24-42-41(44)31-29-35-30-32-47-49(48(35)42)52-51(55-47)36-17-6-2-7-18-36/h1-33,51-52H. The Kier molecular flexibility index (Phi) is 7.20. The Bertz CT molecular complexity index is 3040. The van der Waals surface area contributed by atoms with Crippen LogP contribution in [0.15, 0.2) is 200 Å². The van der Waals surface area contributed by atoms with Gasteiger partial charge in [0.2, 0.25) is 0 Å². The topological polar surface area (TPSA) is 29.4 Å². The fraction of sp³-hybridized carbons (Fsp3) is 0.0196. The number of hydrogen-bond donors (Lipinski definition) is 1. The maximum Gasteiger partial charge on any atom is 0.196 e. The van der Waals surface area contributed by atoms with Gasteiger partial charge in [0, 0.05) is 38.5 Å². The van der Waals surface area contributed by atoms with Gasteiger partial charge in [-0.2, -0.15) is 0 Å². The third-order valence-corrected chi connectivity index (χ3v) is 11.0. The molecule has 11 rings (SSSR count). The summed E-state index contributed by atoms with van der Waals surface area (Å²) in [6.45, 7) is 0. The average molecular weight is 706 g/mol. The summed E-state index contributed by atoms with van der Waals surface area (Å²) >= 11 is 0. The van der Waals surface area contributed by atoms with E-state index in [0.29, 0.717) is 0 Å². The van der Waals surface area contributed by atoms with Crippen molar-refractivity contribution in [3.8, 4) is 22.6 Å². The Morgan fingerprint density at radius 2 is 1.15 bits per heavy atom. The second-order valence-electron chi connectivity index (χ2n) is 14.1. The summed E-state index contributed by atoms with van der Waals surface area (Å²) < 4.78 is 8.95. The Labute approximate surface area is 319 Å². The van der Waals surface area contributed by atoms with Crippen molar-refractivity contribution >= 4 is 66.1 Å². The molecule has 1 aliphatic heterocycles. The summed E-state index contributed by atoms with van der Waals surface area (Å²) in [7, 11) is 0. The summed E-state index contributed by atoms with van der Waals surface area (Å²) in [4.78, 5) is 2.46. The van der Waals surface area contributed by atoms with Gasteiger partial charge in [-0.15, -0.1) is 0 Å². The third kappa shape index (κ3) is 5.07. The summed E-state index contributed by atoms with van der Waals surface area (Å²) in [5.41, 5.74) is 11.2. The molecule has 0 amide bonds. The molecule has 0 saturated heterocycles. The van der Waals surface area contributed by atoms with Crippen molar-refractivity contribution in [2.45, 2.75) is 6.23 Å². The van der Waals surface area contributed by atoms with Gasteiger partial charge in [-0.05, 0) is 70.4 Å². The number of para-hydroxylation sites is 3. The van der Waals surface area contributed by atoms with Crippen molar-refractivity contribution in [3.63, 3.8) is 0 Å². The molecule has 1 aliphatic rings. The first-order valence-corrected chi connectivity index (χ1v) is 18.8. The van der Waals surface area contributed by atoms with Crippen LogP contribution in [0.1, 0.15) is 11.8 Å². The summed E-state index contributed by atoms with van der Waals surface area (Å²) in [5.74, 6) is 0.865. The molecule has 55 heavy (non-hydrogen) atoms. The van der Waals surface area contributed by atoms with Crippen LogP contribution in [0.25, 0.3) is 60.2 Å². The summed E-state index contributed by atoms with van der Waals surface area (Å²) in [6, 6.07) is 71.6. The van der Waals surface area contributed by atoms with Gasteiger partial charge in [-0.1, -0.05) is 152 Å². The fourth-order valence-electron chi connectivity index (χ4n) is 8.54. The predicted molar refractivity (Wildman–Crippen MR) is 229 cm³/mol. The minimum absolute atomic E-state index is 0.255. The first kappa shape index (κ1) is 31.2. The molecule has 0 aliphatic carbocycles. The summed E-state index contributed by atoms with van der Waals surface area (Å²) in [6.07, 6.45) is -0.255. The third-order valence-electron chi connectivity index (χ3n) is 11.0. The predicted octanol–water partition coefficient (Wildman–Crippen LogP) is 13.7. The molecule has 0 spiro atoms. The lowest BCUT2D eigenvalue weighted by Crippen LogP contribution is -2.12. The highest BCUT2D eigenvalue weighted by atomic mass is 16.5. The minimum Gasteiger partial charge on any atom is -0.464 e. The Morgan fingerprint density at radius 3 is 1.98 bits per heavy atom. The maximum atomic E-state index is 6.53. The lowest BCUT2D eigenvalue weighted by atomic mass is 9.97. The van der Waals surface area contributed by atoms with E-state index in [9.17, 15) is 0 Å². The first-order valence-electron chi connectivity index (χ1n) is 18.8. The highest BCUT2D eigenvalue weighted by molar-refractivity contribution is 6.20. The zero-order valence-electron chi connectivity index (χ0n) is 29.9. The number of nitrogens with zero attached hydrogens (tertiary/aromatic N) is 2. The fourth-order valence-corrected chi connectivity index (χ4v) is 8.54. The van der Waals surface area contributed by atoms with E-state index in [1.165, 1.54) is 21.9 Å². The largest absolute Gasteiger partial charge is 0.464 e. The van der Waals surface area contributed by atoms with E-state index in [2.05, 4.69) is 209 Å². The van der Waals surface area contributed by atoms with Crippen LogP contribution in [0.5, 0.6) is 5.75 Å². The smallest absolute Gasteiger partial charge is 0.196 e. The van der Waals surface area contributed by atoms with Crippen LogP contribution in [0.2, 0.25) is 0 Å². The van der Waals surface area contributed by atoms with Crippen molar-refractivity contribution in [2.24, 2.45) is 0 Å². The molecule has 4 nitrogen and oxygen atoms in total. The van der Waals surface area contributed by atoms with Gasteiger partial charge in [-0.3, -0.25) is 0 Å². The zero-order chi connectivity index (χ0) is 36.3. The molecule has 1 aromatic heterocycles. The van der Waals surface area contributed by atoms with Crippen LogP contribution in [0, 0.1) is 0 Å². The van der Waals surface area contributed by atoms with Crippen molar-refractivity contribution in [3.05, 3.63) is 206 Å². The SMILES string of the molecule is c1ccc(-c2cccc(N(c3cccc4c3ccc3ccc5c(c34)NC(c3ccccc3)O5)c3cccc4c5ccccc5n(-c5ccccc5)c34)c2)cc1. The second-order valence-corrected chi connectivity index (χ2v) is 14.1. The maximum absolute atomic E-state index is 6.53. The van der Waals surface area contributed by atoms with Gasteiger partial charge in [0.05, 0.1) is 28.1 Å². The molecular formula is C51H35N3O. The number of aromatic nitrogens is 1. The van der Waals surface area contributed by atoms with Crippen molar-refractivity contribution in [1.82, 2.24) is 4.57 Å².